The van der Waals surface area contributed by atoms with Crippen molar-refractivity contribution in [3.8, 4) is 0 Å². The summed E-state index contributed by atoms with van der Waals surface area (Å²) < 4.78 is 55.3. The number of benzene rings is 1. The van der Waals surface area contributed by atoms with Gasteiger partial charge < -0.3 is 0 Å². The van der Waals surface area contributed by atoms with E-state index in [0.29, 0.717) is 6.07 Å². The Balaban J connectivity index is 1.84. The van der Waals surface area contributed by atoms with E-state index in [1.54, 1.807) is 23.1 Å². The van der Waals surface area contributed by atoms with E-state index in [0.717, 1.165) is 17.0 Å². The van der Waals surface area contributed by atoms with E-state index in [4.69, 9.17) is 0 Å². The van der Waals surface area contributed by atoms with Crippen molar-refractivity contribution in [2.45, 2.75) is 10.9 Å². The van der Waals surface area contributed by atoms with Crippen LogP contribution in [0.3, 0.4) is 0 Å². The summed E-state index contributed by atoms with van der Waals surface area (Å²) >= 11 is 1.46. The van der Waals surface area contributed by atoms with Crippen LogP contribution in [0.15, 0.2) is 59.1 Å². The highest BCUT2D eigenvalue weighted by Crippen LogP contribution is 2.23. The Bertz CT molecular complexity index is 876. The van der Waals surface area contributed by atoms with Gasteiger partial charge >= 0.3 is 0 Å². The van der Waals surface area contributed by atoms with Crippen LogP contribution in [0.1, 0.15) is 10.9 Å². The van der Waals surface area contributed by atoms with Crippen molar-refractivity contribution in [2.75, 3.05) is 6.54 Å². The Labute approximate surface area is 141 Å². The molecule has 3 aromatic rings. The van der Waals surface area contributed by atoms with Crippen molar-refractivity contribution < 1.29 is 17.2 Å². The molecule has 2 heterocycles. The van der Waals surface area contributed by atoms with E-state index in [-0.39, 0.29) is 12.6 Å². The monoisotopic (exact) mass is 369 g/mol. The first kappa shape index (κ1) is 16.7. The Hall–Kier alpha value is -2.10. The van der Waals surface area contributed by atoms with Crippen molar-refractivity contribution in [1.82, 2.24) is 14.5 Å². The molecule has 2 aromatic heterocycles. The predicted molar refractivity (Wildman–Crippen MR) is 86.2 cm³/mol. The fraction of sp³-hybridized carbons (Fsp3) is 0.133. The van der Waals surface area contributed by atoms with Gasteiger partial charge in [0.25, 0.3) is 0 Å². The average molecular weight is 369 g/mol. The largest absolute Gasteiger partial charge is 0.263 e. The van der Waals surface area contributed by atoms with Crippen LogP contribution in [-0.2, 0) is 10.0 Å². The Morgan fingerprint density at radius 2 is 2.08 bits per heavy atom. The van der Waals surface area contributed by atoms with E-state index in [2.05, 4.69) is 9.82 Å². The van der Waals surface area contributed by atoms with Gasteiger partial charge in [-0.25, -0.2) is 21.9 Å². The van der Waals surface area contributed by atoms with Gasteiger partial charge in [-0.15, -0.1) is 11.3 Å². The average Bonchev–Trinajstić information content (AvgIpc) is 3.20. The van der Waals surface area contributed by atoms with Crippen LogP contribution < -0.4 is 4.72 Å². The fourth-order valence-electron chi connectivity index (χ4n) is 2.23. The van der Waals surface area contributed by atoms with Gasteiger partial charge in [0, 0.05) is 29.9 Å². The van der Waals surface area contributed by atoms with Crippen molar-refractivity contribution in [3.05, 3.63) is 70.7 Å². The van der Waals surface area contributed by atoms with Gasteiger partial charge in [0.1, 0.15) is 16.5 Å². The van der Waals surface area contributed by atoms with Gasteiger partial charge in [0.05, 0.1) is 6.04 Å². The first-order chi connectivity index (χ1) is 11.5. The highest BCUT2D eigenvalue weighted by molar-refractivity contribution is 7.89. The molecule has 0 saturated carbocycles. The van der Waals surface area contributed by atoms with Crippen LogP contribution in [0, 0.1) is 11.6 Å². The molecule has 0 aliphatic heterocycles. The molecule has 1 N–H and O–H groups in total. The van der Waals surface area contributed by atoms with Gasteiger partial charge in [0.15, 0.2) is 0 Å². The van der Waals surface area contributed by atoms with E-state index in [1.807, 2.05) is 17.5 Å². The topological polar surface area (TPSA) is 64.0 Å². The number of thiophene rings is 1. The minimum atomic E-state index is -4.11. The summed E-state index contributed by atoms with van der Waals surface area (Å²) in [5.41, 5.74) is 0. The molecule has 1 unspecified atom stereocenters. The number of halogens is 2. The minimum Gasteiger partial charge on any atom is -0.263 e. The molecule has 1 aromatic carbocycles. The molecule has 3 rings (SSSR count). The highest BCUT2D eigenvalue weighted by atomic mass is 32.2. The zero-order valence-electron chi connectivity index (χ0n) is 12.3. The first-order valence-electron chi connectivity index (χ1n) is 6.94. The zero-order valence-corrected chi connectivity index (χ0v) is 13.9. The van der Waals surface area contributed by atoms with Crippen LogP contribution in [-0.4, -0.2) is 24.7 Å². The van der Waals surface area contributed by atoms with E-state index < -0.39 is 26.6 Å². The maximum Gasteiger partial charge on any atom is 0.243 e. The van der Waals surface area contributed by atoms with Crippen molar-refractivity contribution in [2.24, 2.45) is 0 Å². The molecule has 0 radical (unpaired) electrons. The Morgan fingerprint density at radius 3 is 2.71 bits per heavy atom. The lowest BCUT2D eigenvalue weighted by Gasteiger charge is -2.17. The molecule has 0 spiro atoms. The summed E-state index contributed by atoms with van der Waals surface area (Å²) in [5, 5.41) is 6.01. The summed E-state index contributed by atoms with van der Waals surface area (Å²) in [5.74, 6) is -1.96. The van der Waals surface area contributed by atoms with Crippen molar-refractivity contribution in [1.29, 1.82) is 0 Å². The standard InChI is InChI=1S/C15H13F2N3O2S2/c16-11-4-5-15(12(17)9-11)24(21,22)19-10-13(14-3-1-8-23-14)20-7-2-6-18-20/h1-9,13,19H,10H2. The summed E-state index contributed by atoms with van der Waals surface area (Å²) in [7, 11) is -4.11. The van der Waals surface area contributed by atoms with Gasteiger partial charge in [-0.3, -0.25) is 4.68 Å². The summed E-state index contributed by atoms with van der Waals surface area (Å²) in [6, 6.07) is 7.43. The number of nitrogens with zero attached hydrogens (tertiary/aromatic N) is 2. The molecule has 0 saturated heterocycles. The highest BCUT2D eigenvalue weighted by Gasteiger charge is 2.23. The van der Waals surface area contributed by atoms with E-state index >= 15 is 0 Å². The Kier molecular flexibility index (Phi) is 4.74. The molecule has 0 bridgehead atoms. The number of nitrogens with one attached hydrogen (secondary N) is 1. The molecular weight excluding hydrogens is 356 g/mol. The van der Waals surface area contributed by atoms with Gasteiger partial charge in [-0.05, 0) is 29.6 Å². The third-order valence-electron chi connectivity index (χ3n) is 3.37. The lowest BCUT2D eigenvalue weighted by atomic mass is 10.2. The SMILES string of the molecule is O=S(=O)(NCC(c1cccs1)n1cccn1)c1ccc(F)cc1F. The van der Waals surface area contributed by atoms with Crippen LogP contribution in [0.25, 0.3) is 0 Å². The van der Waals surface area contributed by atoms with E-state index in [9.17, 15) is 17.2 Å². The molecule has 9 heteroatoms. The molecule has 0 amide bonds. The first-order valence-corrected chi connectivity index (χ1v) is 9.31. The van der Waals surface area contributed by atoms with Gasteiger partial charge in [-0.2, -0.15) is 5.10 Å². The zero-order chi connectivity index (χ0) is 17.2. The minimum absolute atomic E-state index is 0.0126. The molecule has 0 aliphatic carbocycles. The summed E-state index contributed by atoms with van der Waals surface area (Å²) in [6.45, 7) is -0.0126. The molecule has 0 fully saturated rings. The van der Waals surface area contributed by atoms with Crippen LogP contribution in [0.4, 0.5) is 8.78 Å². The number of sulfonamides is 1. The smallest absolute Gasteiger partial charge is 0.243 e. The lowest BCUT2D eigenvalue weighted by Crippen LogP contribution is -2.31. The molecule has 1 atom stereocenters. The van der Waals surface area contributed by atoms with Gasteiger partial charge in [-0.1, -0.05) is 6.07 Å². The van der Waals surface area contributed by atoms with Crippen LogP contribution in [0.5, 0.6) is 0 Å². The number of hydrogen-bond donors (Lipinski definition) is 1. The number of rotatable bonds is 6. The molecule has 126 valence electrons. The van der Waals surface area contributed by atoms with Gasteiger partial charge in [0.2, 0.25) is 10.0 Å². The third kappa shape index (κ3) is 3.53. The molecular formula is C15H13F2N3O2S2. The maximum absolute atomic E-state index is 13.7. The third-order valence-corrected chi connectivity index (χ3v) is 5.80. The normalized spacial score (nSPS) is 13.1. The second kappa shape index (κ2) is 6.80. The van der Waals surface area contributed by atoms with Crippen LogP contribution >= 0.6 is 11.3 Å². The fourth-order valence-corrected chi connectivity index (χ4v) is 4.15. The van der Waals surface area contributed by atoms with Crippen LogP contribution in [0.2, 0.25) is 0 Å². The maximum atomic E-state index is 13.7. The lowest BCUT2D eigenvalue weighted by molar-refractivity contribution is 0.506. The predicted octanol–water partition coefficient (Wildman–Crippen LogP) is 2.79. The second-order valence-corrected chi connectivity index (χ2v) is 7.66. The molecule has 0 aliphatic rings. The van der Waals surface area contributed by atoms with Crippen molar-refractivity contribution in [3.63, 3.8) is 0 Å². The second-order valence-electron chi connectivity index (χ2n) is 4.94. The Morgan fingerprint density at radius 1 is 1.25 bits per heavy atom. The van der Waals surface area contributed by atoms with Crippen molar-refractivity contribution >= 4 is 21.4 Å². The summed E-state index contributed by atoms with van der Waals surface area (Å²) in [4.78, 5) is 0.315. The number of aromatic nitrogens is 2. The molecule has 24 heavy (non-hydrogen) atoms. The number of hydrogen-bond acceptors (Lipinski definition) is 4. The molecule has 5 nitrogen and oxygen atoms in total. The summed E-state index contributed by atoms with van der Waals surface area (Å²) in [6.07, 6.45) is 3.31. The quantitative estimate of drug-likeness (QED) is 0.727. The van der Waals surface area contributed by atoms with E-state index in [1.165, 1.54) is 11.3 Å².